The van der Waals surface area contributed by atoms with Crippen molar-refractivity contribution in [3.63, 3.8) is 0 Å². The fourth-order valence-electron chi connectivity index (χ4n) is 3.71. The molecule has 0 radical (unpaired) electrons. The number of hydrogen-bond donors (Lipinski definition) is 1. The second kappa shape index (κ2) is 11.1. The molecule has 0 saturated carbocycles. The number of carbonyl (C=O) groups excluding carboxylic acids is 2. The van der Waals surface area contributed by atoms with Crippen molar-refractivity contribution in [1.29, 1.82) is 0 Å². The molecular formula is C29H28N2O3S. The van der Waals surface area contributed by atoms with Crippen LogP contribution in [0.25, 0.3) is 21.7 Å². The third-order valence-electron chi connectivity index (χ3n) is 5.75. The molecule has 0 atom stereocenters. The smallest absolute Gasteiger partial charge is 0.226 e. The number of aromatic nitrogens is 1. The Morgan fingerprint density at radius 3 is 2.20 bits per heavy atom. The molecule has 0 aliphatic carbocycles. The predicted molar refractivity (Wildman–Crippen MR) is 142 cm³/mol. The number of Topliss-reactive ketones (excluding diaryl/α,β-unsaturated/α-hetero) is 1. The average Bonchev–Trinajstić information content (AvgIpc) is 3.31. The van der Waals surface area contributed by atoms with Crippen LogP contribution < -0.4 is 10.1 Å². The van der Waals surface area contributed by atoms with Gasteiger partial charge in [-0.2, -0.15) is 0 Å². The monoisotopic (exact) mass is 484 g/mol. The van der Waals surface area contributed by atoms with Crippen LogP contribution in [0.15, 0.2) is 78.9 Å². The fraction of sp³-hybridized carbons (Fsp3) is 0.207. The van der Waals surface area contributed by atoms with Crippen molar-refractivity contribution in [2.45, 2.75) is 32.6 Å². The Labute approximate surface area is 209 Å². The number of carbonyl (C=O) groups is 2. The SMILES string of the molecule is COc1ccc(-c2sc(NC(=O)CCC(=O)c3ccc(C(C)C)cc3)nc2-c2ccccc2)cc1. The number of ether oxygens (including phenoxy) is 1. The van der Waals surface area contributed by atoms with Gasteiger partial charge in [0.15, 0.2) is 10.9 Å². The van der Waals surface area contributed by atoms with Crippen molar-refractivity contribution in [3.05, 3.63) is 90.0 Å². The Bertz CT molecular complexity index is 1290. The summed E-state index contributed by atoms with van der Waals surface area (Å²) in [6.45, 7) is 4.23. The van der Waals surface area contributed by atoms with E-state index in [4.69, 9.17) is 9.72 Å². The molecule has 5 nitrogen and oxygen atoms in total. The maximum atomic E-state index is 12.7. The van der Waals surface area contributed by atoms with Crippen LogP contribution in [0.1, 0.15) is 48.5 Å². The molecule has 0 bridgehead atoms. The van der Waals surface area contributed by atoms with Crippen LogP contribution in [0.4, 0.5) is 5.13 Å². The molecule has 0 aliphatic heterocycles. The Morgan fingerprint density at radius 1 is 0.886 bits per heavy atom. The van der Waals surface area contributed by atoms with Gasteiger partial charge in [0.1, 0.15) is 5.75 Å². The Hall–Kier alpha value is -3.77. The predicted octanol–water partition coefficient (Wildman–Crippen LogP) is 7.21. The first kappa shape index (κ1) is 24.4. The van der Waals surface area contributed by atoms with Crippen LogP contribution in [0.3, 0.4) is 0 Å². The van der Waals surface area contributed by atoms with Crippen molar-refractivity contribution < 1.29 is 14.3 Å². The topological polar surface area (TPSA) is 68.3 Å². The van der Waals surface area contributed by atoms with Gasteiger partial charge in [0.2, 0.25) is 5.91 Å². The molecule has 1 heterocycles. The van der Waals surface area contributed by atoms with Crippen molar-refractivity contribution >= 4 is 28.2 Å². The zero-order valence-corrected chi connectivity index (χ0v) is 20.9. The second-order valence-corrected chi connectivity index (χ2v) is 9.54. The van der Waals surface area contributed by atoms with Gasteiger partial charge in [0.05, 0.1) is 17.7 Å². The zero-order valence-electron chi connectivity index (χ0n) is 20.1. The van der Waals surface area contributed by atoms with E-state index in [2.05, 4.69) is 19.2 Å². The summed E-state index contributed by atoms with van der Waals surface area (Å²) in [5.41, 5.74) is 4.57. The van der Waals surface area contributed by atoms with Gasteiger partial charge in [-0.3, -0.25) is 9.59 Å². The Kier molecular flexibility index (Phi) is 7.73. The number of rotatable bonds is 9. The lowest BCUT2D eigenvalue weighted by molar-refractivity contribution is -0.116. The van der Waals surface area contributed by atoms with Crippen molar-refractivity contribution in [3.8, 4) is 27.4 Å². The maximum Gasteiger partial charge on any atom is 0.226 e. The standard InChI is InChI=1S/C29H28N2O3S/c1-19(2)20-9-11-21(12-10-20)25(32)17-18-26(33)30-29-31-27(22-7-5-4-6-8-22)28(35-29)23-13-15-24(34-3)16-14-23/h4-16,19H,17-18H2,1-3H3,(H,30,31,33). The van der Waals surface area contributed by atoms with E-state index in [1.807, 2.05) is 78.9 Å². The Balaban J connectivity index is 1.48. The molecule has 0 unspecified atom stereocenters. The van der Waals surface area contributed by atoms with E-state index in [1.165, 1.54) is 16.9 Å². The highest BCUT2D eigenvalue weighted by Crippen LogP contribution is 2.39. The van der Waals surface area contributed by atoms with Crippen LogP contribution in [0.2, 0.25) is 0 Å². The molecule has 3 aromatic carbocycles. The molecule has 4 rings (SSSR count). The van der Waals surface area contributed by atoms with E-state index in [1.54, 1.807) is 7.11 Å². The molecule has 0 fully saturated rings. The first-order valence-corrected chi connectivity index (χ1v) is 12.4. The molecule has 0 saturated heterocycles. The highest BCUT2D eigenvalue weighted by Gasteiger charge is 2.17. The number of methoxy groups -OCH3 is 1. The number of nitrogens with one attached hydrogen (secondary N) is 1. The van der Waals surface area contributed by atoms with E-state index in [9.17, 15) is 9.59 Å². The lowest BCUT2D eigenvalue weighted by atomic mass is 9.99. The first-order chi connectivity index (χ1) is 16.9. The van der Waals surface area contributed by atoms with Crippen LogP contribution in [0, 0.1) is 0 Å². The van der Waals surface area contributed by atoms with E-state index < -0.39 is 0 Å². The van der Waals surface area contributed by atoms with Crippen molar-refractivity contribution in [2.75, 3.05) is 12.4 Å². The largest absolute Gasteiger partial charge is 0.497 e. The van der Waals surface area contributed by atoms with E-state index in [0.717, 1.165) is 27.4 Å². The summed E-state index contributed by atoms with van der Waals surface area (Å²) in [7, 11) is 1.64. The molecule has 6 heteroatoms. The highest BCUT2D eigenvalue weighted by molar-refractivity contribution is 7.19. The van der Waals surface area contributed by atoms with Crippen LogP contribution in [-0.2, 0) is 4.79 Å². The summed E-state index contributed by atoms with van der Waals surface area (Å²) in [6, 6.07) is 25.3. The summed E-state index contributed by atoms with van der Waals surface area (Å²) in [5, 5.41) is 3.40. The minimum absolute atomic E-state index is 0.0431. The van der Waals surface area contributed by atoms with Crippen molar-refractivity contribution in [1.82, 2.24) is 4.98 Å². The van der Waals surface area contributed by atoms with Crippen LogP contribution in [0.5, 0.6) is 5.75 Å². The lowest BCUT2D eigenvalue weighted by Gasteiger charge is -2.06. The number of ketones is 1. The normalized spacial score (nSPS) is 10.9. The zero-order chi connectivity index (χ0) is 24.8. The molecular weight excluding hydrogens is 456 g/mol. The summed E-state index contributed by atoms with van der Waals surface area (Å²) in [6.07, 6.45) is 0.248. The van der Waals surface area contributed by atoms with Crippen LogP contribution >= 0.6 is 11.3 Å². The molecule has 1 amide bonds. The van der Waals surface area contributed by atoms with Gasteiger partial charge in [-0.05, 0) is 41.3 Å². The molecule has 35 heavy (non-hydrogen) atoms. The summed E-state index contributed by atoms with van der Waals surface area (Å²) in [5.74, 6) is 0.911. The minimum Gasteiger partial charge on any atom is -0.497 e. The summed E-state index contributed by atoms with van der Waals surface area (Å²) in [4.78, 5) is 30.9. The molecule has 0 spiro atoms. The van der Waals surface area contributed by atoms with Gasteiger partial charge >= 0.3 is 0 Å². The summed E-state index contributed by atoms with van der Waals surface area (Å²) >= 11 is 1.42. The number of hydrogen-bond acceptors (Lipinski definition) is 5. The molecule has 0 aliphatic rings. The lowest BCUT2D eigenvalue weighted by Crippen LogP contribution is -2.13. The summed E-state index contributed by atoms with van der Waals surface area (Å²) < 4.78 is 5.28. The number of amides is 1. The quantitative estimate of drug-likeness (QED) is 0.255. The van der Waals surface area contributed by atoms with Gasteiger partial charge < -0.3 is 10.1 Å². The first-order valence-electron chi connectivity index (χ1n) is 11.6. The van der Waals surface area contributed by atoms with Crippen LogP contribution in [-0.4, -0.2) is 23.8 Å². The van der Waals surface area contributed by atoms with Gasteiger partial charge in [0, 0.05) is 24.0 Å². The van der Waals surface area contributed by atoms with Gasteiger partial charge in [-0.1, -0.05) is 79.8 Å². The number of thiazole rings is 1. The number of anilines is 1. The average molecular weight is 485 g/mol. The fourth-order valence-corrected chi connectivity index (χ4v) is 4.72. The molecule has 178 valence electrons. The molecule has 4 aromatic rings. The third kappa shape index (κ3) is 6.03. The van der Waals surface area contributed by atoms with Crippen molar-refractivity contribution in [2.24, 2.45) is 0 Å². The number of nitrogens with zero attached hydrogens (tertiary/aromatic N) is 1. The van der Waals surface area contributed by atoms with E-state index in [-0.39, 0.29) is 24.5 Å². The maximum absolute atomic E-state index is 12.7. The van der Waals surface area contributed by atoms with Gasteiger partial charge in [0.25, 0.3) is 0 Å². The van der Waals surface area contributed by atoms with E-state index in [0.29, 0.717) is 16.6 Å². The van der Waals surface area contributed by atoms with E-state index >= 15 is 0 Å². The minimum atomic E-state index is -0.230. The van der Waals surface area contributed by atoms with Gasteiger partial charge in [-0.15, -0.1) is 0 Å². The second-order valence-electron chi connectivity index (χ2n) is 8.54. The molecule has 1 N–H and O–H groups in total. The number of benzene rings is 3. The molecule has 1 aromatic heterocycles. The highest BCUT2D eigenvalue weighted by atomic mass is 32.1. The third-order valence-corrected chi connectivity index (χ3v) is 6.77. The Morgan fingerprint density at radius 2 is 1.57 bits per heavy atom. The van der Waals surface area contributed by atoms with Gasteiger partial charge in [-0.25, -0.2) is 4.98 Å².